The maximum atomic E-state index is 12.2. The molecule has 0 atom stereocenters. The third-order valence-corrected chi connectivity index (χ3v) is 3.97. The summed E-state index contributed by atoms with van der Waals surface area (Å²) in [6, 6.07) is 12.4. The lowest BCUT2D eigenvalue weighted by atomic mass is 10.0. The standard InChI is InChI=1S/C15H9ClINO2/c16-9-4-5-11-12(7-9)18-15(20)13(14(11)19)8-2-1-3-10(17)6-8/h1-7H,(H2,18,19,20). The second-order valence-electron chi connectivity index (χ2n) is 4.38. The van der Waals surface area contributed by atoms with Gasteiger partial charge in [-0.25, -0.2) is 0 Å². The first-order valence-electron chi connectivity index (χ1n) is 5.87. The summed E-state index contributed by atoms with van der Waals surface area (Å²) in [6.45, 7) is 0. The van der Waals surface area contributed by atoms with Crippen LogP contribution >= 0.6 is 34.2 Å². The van der Waals surface area contributed by atoms with Gasteiger partial charge in [-0.15, -0.1) is 0 Å². The number of H-pyrrole nitrogens is 1. The van der Waals surface area contributed by atoms with Crippen LogP contribution in [0.4, 0.5) is 0 Å². The number of halogens is 2. The number of benzene rings is 2. The van der Waals surface area contributed by atoms with E-state index in [2.05, 4.69) is 27.6 Å². The van der Waals surface area contributed by atoms with Gasteiger partial charge in [-0.3, -0.25) is 4.79 Å². The minimum atomic E-state index is -0.334. The molecule has 100 valence electrons. The number of fused-ring (bicyclic) bond motifs is 1. The zero-order valence-corrected chi connectivity index (χ0v) is 13.1. The molecular formula is C15H9ClINO2. The molecule has 2 aromatic carbocycles. The van der Waals surface area contributed by atoms with Crippen molar-refractivity contribution in [3.8, 4) is 16.9 Å². The second kappa shape index (κ2) is 5.10. The number of nitrogens with one attached hydrogen (secondary N) is 1. The normalized spacial score (nSPS) is 10.9. The van der Waals surface area contributed by atoms with Crippen LogP contribution in [0, 0.1) is 3.57 Å². The fourth-order valence-electron chi connectivity index (χ4n) is 2.17. The van der Waals surface area contributed by atoms with E-state index in [0.29, 0.717) is 21.5 Å². The Morgan fingerprint density at radius 1 is 1.15 bits per heavy atom. The van der Waals surface area contributed by atoms with E-state index in [1.165, 1.54) is 0 Å². The summed E-state index contributed by atoms with van der Waals surface area (Å²) in [6.07, 6.45) is 0. The van der Waals surface area contributed by atoms with Crippen LogP contribution in [0.1, 0.15) is 0 Å². The molecule has 3 rings (SSSR count). The SMILES string of the molecule is O=c1[nH]c2cc(Cl)ccc2c(O)c1-c1cccc(I)c1. The van der Waals surface area contributed by atoms with Crippen LogP contribution in [0.2, 0.25) is 5.02 Å². The van der Waals surface area contributed by atoms with E-state index >= 15 is 0 Å². The number of rotatable bonds is 1. The van der Waals surface area contributed by atoms with Crippen molar-refractivity contribution >= 4 is 45.1 Å². The van der Waals surface area contributed by atoms with Crippen LogP contribution in [-0.4, -0.2) is 10.1 Å². The molecule has 1 heterocycles. The van der Waals surface area contributed by atoms with Crippen molar-refractivity contribution in [3.05, 3.63) is 61.4 Å². The zero-order chi connectivity index (χ0) is 14.3. The molecule has 0 aliphatic carbocycles. The average molecular weight is 398 g/mol. The van der Waals surface area contributed by atoms with Crippen molar-refractivity contribution in [3.63, 3.8) is 0 Å². The highest BCUT2D eigenvalue weighted by Gasteiger charge is 2.14. The van der Waals surface area contributed by atoms with Gasteiger partial charge in [-0.05, 0) is 58.5 Å². The third kappa shape index (κ3) is 2.29. The number of aromatic amines is 1. The van der Waals surface area contributed by atoms with E-state index in [0.717, 1.165) is 3.57 Å². The molecule has 1 aromatic heterocycles. The Bertz CT molecular complexity index is 873. The zero-order valence-electron chi connectivity index (χ0n) is 10.2. The molecule has 0 aliphatic heterocycles. The fraction of sp³-hybridized carbons (Fsp3) is 0. The Morgan fingerprint density at radius 2 is 1.95 bits per heavy atom. The number of pyridine rings is 1. The summed E-state index contributed by atoms with van der Waals surface area (Å²) in [4.78, 5) is 15.0. The Balaban J connectivity index is 2.37. The van der Waals surface area contributed by atoms with E-state index in [9.17, 15) is 9.90 Å². The second-order valence-corrected chi connectivity index (χ2v) is 6.06. The predicted octanol–water partition coefficient (Wildman–Crippen LogP) is 4.16. The Morgan fingerprint density at radius 3 is 2.70 bits per heavy atom. The van der Waals surface area contributed by atoms with Crippen LogP contribution < -0.4 is 5.56 Å². The lowest BCUT2D eigenvalue weighted by molar-refractivity contribution is 0.482. The molecule has 0 fully saturated rings. The quantitative estimate of drug-likeness (QED) is 0.606. The van der Waals surface area contributed by atoms with Crippen LogP contribution in [0.3, 0.4) is 0 Å². The van der Waals surface area contributed by atoms with E-state index in [1.54, 1.807) is 24.3 Å². The number of aromatic hydroxyl groups is 1. The van der Waals surface area contributed by atoms with Crippen molar-refractivity contribution in [2.45, 2.75) is 0 Å². The van der Waals surface area contributed by atoms with Gasteiger partial charge < -0.3 is 10.1 Å². The lowest BCUT2D eigenvalue weighted by Crippen LogP contribution is -2.09. The molecule has 0 aliphatic rings. The van der Waals surface area contributed by atoms with Gasteiger partial charge in [0.2, 0.25) is 0 Å². The van der Waals surface area contributed by atoms with Crippen molar-refractivity contribution < 1.29 is 5.11 Å². The van der Waals surface area contributed by atoms with Gasteiger partial charge in [-0.2, -0.15) is 0 Å². The highest BCUT2D eigenvalue weighted by Crippen LogP contribution is 2.33. The minimum Gasteiger partial charge on any atom is -0.506 e. The van der Waals surface area contributed by atoms with Gasteiger partial charge in [0, 0.05) is 14.0 Å². The maximum Gasteiger partial charge on any atom is 0.260 e. The number of aromatic nitrogens is 1. The van der Waals surface area contributed by atoms with Crippen LogP contribution in [0.25, 0.3) is 22.0 Å². The summed E-state index contributed by atoms with van der Waals surface area (Å²) in [5.74, 6) is -0.0255. The molecule has 0 saturated carbocycles. The average Bonchev–Trinajstić information content (AvgIpc) is 2.38. The van der Waals surface area contributed by atoms with Crippen molar-refractivity contribution in [2.75, 3.05) is 0 Å². The number of hydrogen-bond acceptors (Lipinski definition) is 2. The largest absolute Gasteiger partial charge is 0.506 e. The first-order valence-corrected chi connectivity index (χ1v) is 7.32. The van der Waals surface area contributed by atoms with E-state index in [-0.39, 0.29) is 16.9 Å². The van der Waals surface area contributed by atoms with Gasteiger partial charge in [0.05, 0.1) is 11.1 Å². The van der Waals surface area contributed by atoms with Gasteiger partial charge in [0.25, 0.3) is 5.56 Å². The maximum absolute atomic E-state index is 12.2. The van der Waals surface area contributed by atoms with Gasteiger partial charge in [0.15, 0.2) is 0 Å². The third-order valence-electron chi connectivity index (χ3n) is 3.06. The van der Waals surface area contributed by atoms with Crippen molar-refractivity contribution in [1.29, 1.82) is 0 Å². The van der Waals surface area contributed by atoms with Gasteiger partial charge >= 0.3 is 0 Å². The van der Waals surface area contributed by atoms with Crippen molar-refractivity contribution in [1.82, 2.24) is 4.98 Å². The molecule has 2 N–H and O–H groups in total. The van der Waals surface area contributed by atoms with Gasteiger partial charge in [0.1, 0.15) is 5.75 Å². The fourth-order valence-corrected chi connectivity index (χ4v) is 2.88. The summed E-state index contributed by atoms with van der Waals surface area (Å²) in [5, 5.41) is 11.5. The molecule has 0 unspecified atom stereocenters. The highest BCUT2D eigenvalue weighted by atomic mass is 127. The summed E-state index contributed by atoms with van der Waals surface area (Å²) in [5.41, 5.74) is 1.15. The van der Waals surface area contributed by atoms with E-state index in [4.69, 9.17) is 11.6 Å². The van der Waals surface area contributed by atoms with E-state index in [1.807, 2.05) is 18.2 Å². The first kappa shape index (κ1) is 13.5. The summed E-state index contributed by atoms with van der Waals surface area (Å²) < 4.78 is 0.995. The number of hydrogen-bond donors (Lipinski definition) is 2. The predicted molar refractivity (Wildman–Crippen MR) is 89.4 cm³/mol. The molecule has 3 nitrogen and oxygen atoms in total. The molecule has 0 saturated heterocycles. The lowest BCUT2D eigenvalue weighted by Gasteiger charge is -2.08. The van der Waals surface area contributed by atoms with Gasteiger partial charge in [-0.1, -0.05) is 23.7 Å². The van der Waals surface area contributed by atoms with Crippen LogP contribution in [0.15, 0.2) is 47.3 Å². The first-order chi connectivity index (χ1) is 9.56. The van der Waals surface area contributed by atoms with E-state index < -0.39 is 0 Å². The summed E-state index contributed by atoms with van der Waals surface area (Å²) in [7, 11) is 0. The van der Waals surface area contributed by atoms with Crippen LogP contribution in [-0.2, 0) is 0 Å². The monoisotopic (exact) mass is 397 g/mol. The molecule has 0 bridgehead atoms. The molecule has 0 radical (unpaired) electrons. The Kier molecular flexibility index (Phi) is 3.43. The highest BCUT2D eigenvalue weighted by molar-refractivity contribution is 14.1. The van der Waals surface area contributed by atoms with Crippen LogP contribution in [0.5, 0.6) is 5.75 Å². The van der Waals surface area contributed by atoms with Crippen molar-refractivity contribution in [2.24, 2.45) is 0 Å². The molecular weight excluding hydrogens is 389 g/mol. The Hall–Kier alpha value is -1.53. The molecule has 0 amide bonds. The Labute approximate surface area is 133 Å². The topological polar surface area (TPSA) is 53.1 Å². The molecule has 20 heavy (non-hydrogen) atoms. The smallest absolute Gasteiger partial charge is 0.260 e. The minimum absolute atomic E-state index is 0.0255. The summed E-state index contributed by atoms with van der Waals surface area (Å²) >= 11 is 8.06. The molecule has 5 heteroatoms. The molecule has 0 spiro atoms. The molecule has 3 aromatic rings.